The van der Waals surface area contributed by atoms with Crippen LogP contribution in [0.15, 0.2) is 23.0 Å². The van der Waals surface area contributed by atoms with E-state index in [2.05, 4.69) is 5.32 Å². The molecule has 13 heavy (non-hydrogen) atoms. The fraction of sp³-hybridized carbons (Fsp3) is 0.444. The fourth-order valence-corrected chi connectivity index (χ4v) is 0.815. The van der Waals surface area contributed by atoms with Crippen molar-refractivity contribution in [3.63, 3.8) is 0 Å². The monoisotopic (exact) mass is 182 g/mol. The van der Waals surface area contributed by atoms with Crippen LogP contribution >= 0.6 is 0 Å². The second-order valence-corrected chi connectivity index (χ2v) is 3.13. The maximum Gasteiger partial charge on any atom is 0.254 e. The summed E-state index contributed by atoms with van der Waals surface area (Å²) < 4.78 is 4.79. The van der Waals surface area contributed by atoms with Crippen molar-refractivity contribution >= 4 is 5.91 Å². The molecule has 0 saturated heterocycles. The van der Waals surface area contributed by atoms with E-state index in [1.807, 2.05) is 13.8 Å². The molecule has 0 aliphatic carbocycles. The zero-order valence-electron chi connectivity index (χ0n) is 7.78. The predicted octanol–water partition coefficient (Wildman–Crippen LogP) is 0.745. The van der Waals surface area contributed by atoms with Gasteiger partial charge in [-0.3, -0.25) is 4.79 Å². The molecular formula is C9H14N2O2. The molecule has 0 spiro atoms. The van der Waals surface area contributed by atoms with Gasteiger partial charge in [-0.25, -0.2) is 0 Å². The van der Waals surface area contributed by atoms with Crippen LogP contribution in [0.1, 0.15) is 24.2 Å². The number of amides is 1. The first-order valence-corrected chi connectivity index (χ1v) is 4.20. The van der Waals surface area contributed by atoms with E-state index in [-0.39, 0.29) is 18.0 Å². The third kappa shape index (κ3) is 2.59. The Balaban J connectivity index is 2.52. The largest absolute Gasteiger partial charge is 0.472 e. The molecule has 1 aromatic rings. The van der Waals surface area contributed by atoms with Crippen molar-refractivity contribution in [2.75, 3.05) is 0 Å². The number of nitrogens with two attached hydrogens (primary N) is 1. The van der Waals surface area contributed by atoms with Crippen molar-refractivity contribution in [1.29, 1.82) is 0 Å². The molecule has 0 radical (unpaired) electrons. The van der Waals surface area contributed by atoms with Crippen LogP contribution in [0.5, 0.6) is 0 Å². The molecule has 0 aliphatic heterocycles. The lowest BCUT2D eigenvalue weighted by molar-refractivity contribution is 0.0935. The first-order valence-electron chi connectivity index (χ1n) is 4.20. The van der Waals surface area contributed by atoms with Gasteiger partial charge in [-0.1, -0.05) is 0 Å². The Bertz CT molecular complexity index is 267. The van der Waals surface area contributed by atoms with Gasteiger partial charge in [0.25, 0.3) is 5.91 Å². The zero-order valence-corrected chi connectivity index (χ0v) is 7.78. The van der Waals surface area contributed by atoms with Crippen LogP contribution < -0.4 is 11.1 Å². The molecule has 1 amide bonds. The minimum absolute atomic E-state index is 0.0394. The van der Waals surface area contributed by atoms with Gasteiger partial charge in [-0.05, 0) is 19.9 Å². The number of carbonyl (C=O) groups excluding carboxylic acids is 1. The van der Waals surface area contributed by atoms with Crippen LogP contribution in [0.4, 0.5) is 0 Å². The van der Waals surface area contributed by atoms with Crippen molar-refractivity contribution in [1.82, 2.24) is 5.32 Å². The molecule has 0 saturated carbocycles. The van der Waals surface area contributed by atoms with Crippen LogP contribution in [0, 0.1) is 0 Å². The normalized spacial score (nSPS) is 15.0. The highest BCUT2D eigenvalue weighted by Crippen LogP contribution is 2.00. The van der Waals surface area contributed by atoms with Gasteiger partial charge < -0.3 is 15.5 Å². The summed E-state index contributed by atoms with van der Waals surface area (Å²) in [5, 5.41) is 2.76. The highest BCUT2D eigenvalue weighted by atomic mass is 16.3. The Morgan fingerprint density at radius 2 is 2.31 bits per heavy atom. The van der Waals surface area contributed by atoms with E-state index < -0.39 is 0 Å². The van der Waals surface area contributed by atoms with Gasteiger partial charge in [0, 0.05) is 12.1 Å². The Labute approximate surface area is 77.1 Å². The lowest BCUT2D eigenvalue weighted by Gasteiger charge is -2.16. The number of carbonyl (C=O) groups is 1. The van der Waals surface area contributed by atoms with Gasteiger partial charge >= 0.3 is 0 Å². The van der Waals surface area contributed by atoms with Crippen molar-refractivity contribution in [3.8, 4) is 0 Å². The second-order valence-electron chi connectivity index (χ2n) is 3.13. The molecular weight excluding hydrogens is 168 g/mol. The minimum atomic E-state index is -0.154. The van der Waals surface area contributed by atoms with Crippen LogP contribution in [0.25, 0.3) is 0 Å². The van der Waals surface area contributed by atoms with E-state index in [9.17, 15) is 4.79 Å². The average molecular weight is 182 g/mol. The molecule has 2 atom stereocenters. The Kier molecular flexibility index (Phi) is 3.08. The third-order valence-electron chi connectivity index (χ3n) is 1.93. The molecule has 1 rings (SSSR count). The molecule has 4 nitrogen and oxygen atoms in total. The van der Waals surface area contributed by atoms with Crippen molar-refractivity contribution < 1.29 is 9.21 Å². The first-order chi connectivity index (χ1) is 6.11. The van der Waals surface area contributed by atoms with E-state index in [1.165, 1.54) is 12.5 Å². The topological polar surface area (TPSA) is 68.3 Å². The summed E-state index contributed by atoms with van der Waals surface area (Å²) in [4.78, 5) is 11.4. The highest BCUT2D eigenvalue weighted by Gasteiger charge is 2.12. The van der Waals surface area contributed by atoms with Crippen molar-refractivity contribution in [2.45, 2.75) is 25.9 Å². The van der Waals surface area contributed by atoms with Crippen molar-refractivity contribution in [2.24, 2.45) is 5.73 Å². The summed E-state index contributed by atoms with van der Waals surface area (Å²) in [6.07, 6.45) is 2.87. The summed E-state index contributed by atoms with van der Waals surface area (Å²) >= 11 is 0. The van der Waals surface area contributed by atoms with Crippen LogP contribution in [-0.2, 0) is 0 Å². The maximum atomic E-state index is 11.4. The van der Waals surface area contributed by atoms with Gasteiger partial charge in [0.1, 0.15) is 6.26 Å². The van der Waals surface area contributed by atoms with Crippen LogP contribution in [0.2, 0.25) is 0 Å². The first kappa shape index (κ1) is 9.80. The van der Waals surface area contributed by atoms with E-state index in [0.717, 1.165) is 0 Å². The molecule has 1 aromatic heterocycles. The molecule has 3 N–H and O–H groups in total. The zero-order chi connectivity index (χ0) is 9.84. The van der Waals surface area contributed by atoms with E-state index >= 15 is 0 Å². The molecule has 1 heterocycles. The predicted molar refractivity (Wildman–Crippen MR) is 49.3 cm³/mol. The number of hydrogen-bond donors (Lipinski definition) is 2. The van der Waals surface area contributed by atoms with Gasteiger partial charge in [0.2, 0.25) is 0 Å². The number of rotatable bonds is 3. The average Bonchev–Trinajstić information content (AvgIpc) is 2.55. The lowest BCUT2D eigenvalue weighted by Crippen LogP contribution is -2.43. The highest BCUT2D eigenvalue weighted by molar-refractivity contribution is 5.93. The molecule has 4 heteroatoms. The van der Waals surface area contributed by atoms with E-state index in [1.54, 1.807) is 6.07 Å². The SMILES string of the molecule is CC(N)C(C)NC(=O)c1ccoc1. The van der Waals surface area contributed by atoms with Gasteiger partial charge in [0.15, 0.2) is 0 Å². The second kappa shape index (κ2) is 4.09. The summed E-state index contributed by atoms with van der Waals surface area (Å²) in [7, 11) is 0. The Hall–Kier alpha value is -1.29. The van der Waals surface area contributed by atoms with Crippen molar-refractivity contribution in [3.05, 3.63) is 24.2 Å². The molecule has 72 valence electrons. The quantitative estimate of drug-likeness (QED) is 0.724. The summed E-state index contributed by atoms with van der Waals surface area (Å²) in [6.45, 7) is 3.71. The summed E-state index contributed by atoms with van der Waals surface area (Å²) in [6, 6.07) is 1.52. The van der Waals surface area contributed by atoms with Gasteiger partial charge in [0.05, 0.1) is 11.8 Å². The van der Waals surface area contributed by atoms with Crippen LogP contribution in [-0.4, -0.2) is 18.0 Å². The Morgan fingerprint density at radius 1 is 1.62 bits per heavy atom. The van der Waals surface area contributed by atoms with Crippen LogP contribution in [0.3, 0.4) is 0 Å². The molecule has 2 unspecified atom stereocenters. The Morgan fingerprint density at radius 3 is 2.77 bits per heavy atom. The molecule has 0 fully saturated rings. The lowest BCUT2D eigenvalue weighted by atomic mass is 10.2. The standard InChI is InChI=1S/C9H14N2O2/c1-6(10)7(2)11-9(12)8-3-4-13-5-8/h3-7H,10H2,1-2H3,(H,11,12). The summed E-state index contributed by atoms with van der Waals surface area (Å²) in [5.74, 6) is -0.154. The smallest absolute Gasteiger partial charge is 0.254 e. The fourth-order valence-electron chi connectivity index (χ4n) is 0.815. The minimum Gasteiger partial charge on any atom is -0.472 e. The number of nitrogens with one attached hydrogen (secondary N) is 1. The molecule has 0 bridgehead atoms. The van der Waals surface area contributed by atoms with E-state index in [0.29, 0.717) is 5.56 Å². The maximum absolute atomic E-state index is 11.4. The summed E-state index contributed by atoms with van der Waals surface area (Å²) in [5.41, 5.74) is 6.12. The number of furan rings is 1. The third-order valence-corrected chi connectivity index (χ3v) is 1.93. The molecule has 0 aliphatic rings. The number of hydrogen-bond acceptors (Lipinski definition) is 3. The van der Waals surface area contributed by atoms with E-state index in [4.69, 9.17) is 10.2 Å². The molecule has 0 aromatic carbocycles. The van der Waals surface area contributed by atoms with Gasteiger partial charge in [-0.2, -0.15) is 0 Å². The van der Waals surface area contributed by atoms with Gasteiger partial charge in [-0.15, -0.1) is 0 Å².